The fourth-order valence-electron chi connectivity index (χ4n) is 1.83. The molecule has 0 atom stereocenters. The molecule has 0 radical (unpaired) electrons. The van der Waals surface area contributed by atoms with E-state index in [0.717, 1.165) is 18.4 Å². The summed E-state index contributed by atoms with van der Waals surface area (Å²) in [7, 11) is 0. The molecule has 0 spiro atoms. The second kappa shape index (κ2) is 10.2. The van der Waals surface area contributed by atoms with Gasteiger partial charge < -0.3 is 10.6 Å². The monoisotopic (exact) mass is 310 g/mol. The van der Waals surface area contributed by atoms with E-state index in [9.17, 15) is 9.59 Å². The Morgan fingerprint density at radius 3 is 2.14 bits per heavy atom. The molecule has 4 nitrogen and oxygen atoms in total. The standard InChI is InChI=1S/C16H23ClN2O2/c1-2-3-4-15(20)18-11-12-19-16(21)10-7-13-5-8-14(17)9-6-13/h5-6,8-9H,2-4,7,10-12H2,1H3,(H,18,20)(H,19,21). The van der Waals surface area contributed by atoms with Gasteiger partial charge in [-0.1, -0.05) is 37.1 Å². The number of amides is 2. The molecule has 2 N–H and O–H groups in total. The van der Waals surface area contributed by atoms with Crippen LogP contribution in [0.1, 0.15) is 38.2 Å². The van der Waals surface area contributed by atoms with E-state index in [0.29, 0.717) is 37.4 Å². The summed E-state index contributed by atoms with van der Waals surface area (Å²) < 4.78 is 0. The summed E-state index contributed by atoms with van der Waals surface area (Å²) in [5.74, 6) is 0.0417. The Morgan fingerprint density at radius 1 is 1.00 bits per heavy atom. The third-order valence-electron chi connectivity index (χ3n) is 3.08. The zero-order valence-electron chi connectivity index (χ0n) is 12.5. The Bertz CT molecular complexity index is 446. The number of aryl methyl sites for hydroxylation is 1. The fraction of sp³-hybridized carbons (Fsp3) is 0.500. The Labute approximate surface area is 131 Å². The fourth-order valence-corrected chi connectivity index (χ4v) is 1.95. The average molecular weight is 311 g/mol. The van der Waals surface area contributed by atoms with E-state index >= 15 is 0 Å². The second-order valence-electron chi connectivity index (χ2n) is 4.93. The number of nitrogens with one attached hydrogen (secondary N) is 2. The maximum atomic E-state index is 11.7. The van der Waals surface area contributed by atoms with Crippen molar-refractivity contribution >= 4 is 23.4 Å². The summed E-state index contributed by atoms with van der Waals surface area (Å²) in [6.45, 7) is 3.00. The summed E-state index contributed by atoms with van der Waals surface area (Å²) in [6.07, 6.45) is 3.59. The van der Waals surface area contributed by atoms with Crippen LogP contribution in [0.2, 0.25) is 5.02 Å². The Kier molecular flexibility index (Phi) is 8.51. The highest BCUT2D eigenvalue weighted by Crippen LogP contribution is 2.10. The molecule has 2 amide bonds. The van der Waals surface area contributed by atoms with Crippen LogP contribution in [0.4, 0.5) is 0 Å². The van der Waals surface area contributed by atoms with Crippen LogP contribution in [0, 0.1) is 0 Å². The molecule has 0 aliphatic carbocycles. The van der Waals surface area contributed by atoms with Crippen LogP contribution in [0.5, 0.6) is 0 Å². The number of carbonyl (C=O) groups excluding carboxylic acids is 2. The van der Waals surface area contributed by atoms with Gasteiger partial charge in [-0.15, -0.1) is 0 Å². The maximum Gasteiger partial charge on any atom is 0.220 e. The van der Waals surface area contributed by atoms with Gasteiger partial charge in [0.05, 0.1) is 0 Å². The van der Waals surface area contributed by atoms with Crippen LogP contribution in [0.3, 0.4) is 0 Å². The number of hydrogen-bond donors (Lipinski definition) is 2. The van der Waals surface area contributed by atoms with Crippen molar-refractivity contribution < 1.29 is 9.59 Å². The zero-order valence-corrected chi connectivity index (χ0v) is 13.2. The molecule has 21 heavy (non-hydrogen) atoms. The van der Waals surface area contributed by atoms with Crippen molar-refractivity contribution in [2.24, 2.45) is 0 Å². The smallest absolute Gasteiger partial charge is 0.220 e. The minimum absolute atomic E-state index is 0.00671. The van der Waals surface area contributed by atoms with Crippen LogP contribution in [-0.4, -0.2) is 24.9 Å². The molecule has 0 saturated carbocycles. The number of halogens is 1. The van der Waals surface area contributed by atoms with Crippen LogP contribution < -0.4 is 10.6 Å². The predicted molar refractivity (Wildman–Crippen MR) is 85.3 cm³/mol. The van der Waals surface area contributed by atoms with E-state index in [1.165, 1.54) is 0 Å². The van der Waals surface area contributed by atoms with E-state index < -0.39 is 0 Å². The first-order valence-corrected chi connectivity index (χ1v) is 7.77. The molecule has 0 bridgehead atoms. The number of rotatable bonds is 9. The van der Waals surface area contributed by atoms with Gasteiger partial charge in [0.2, 0.25) is 11.8 Å². The molecule has 1 aromatic carbocycles. The molecule has 5 heteroatoms. The van der Waals surface area contributed by atoms with Crippen LogP contribution in [-0.2, 0) is 16.0 Å². The van der Waals surface area contributed by atoms with E-state index in [4.69, 9.17) is 11.6 Å². The first-order valence-electron chi connectivity index (χ1n) is 7.39. The van der Waals surface area contributed by atoms with E-state index in [1.54, 1.807) is 0 Å². The Balaban J connectivity index is 2.08. The predicted octanol–water partition coefficient (Wildman–Crippen LogP) is 2.70. The highest BCUT2D eigenvalue weighted by molar-refractivity contribution is 6.30. The third kappa shape index (κ3) is 8.35. The molecular formula is C16H23ClN2O2. The van der Waals surface area contributed by atoms with Gasteiger partial charge in [0.25, 0.3) is 0 Å². The highest BCUT2D eigenvalue weighted by atomic mass is 35.5. The minimum Gasteiger partial charge on any atom is -0.354 e. The van der Waals surface area contributed by atoms with Gasteiger partial charge in [-0.05, 0) is 30.5 Å². The van der Waals surface area contributed by atoms with Gasteiger partial charge in [0.1, 0.15) is 0 Å². The molecule has 0 fully saturated rings. The number of hydrogen-bond acceptors (Lipinski definition) is 2. The lowest BCUT2D eigenvalue weighted by atomic mass is 10.1. The zero-order chi connectivity index (χ0) is 15.5. The van der Waals surface area contributed by atoms with E-state index in [1.807, 2.05) is 31.2 Å². The normalized spacial score (nSPS) is 10.2. The highest BCUT2D eigenvalue weighted by Gasteiger charge is 2.03. The largest absolute Gasteiger partial charge is 0.354 e. The van der Waals surface area contributed by atoms with Gasteiger partial charge in [-0.3, -0.25) is 9.59 Å². The number of unbranched alkanes of at least 4 members (excludes halogenated alkanes) is 1. The maximum absolute atomic E-state index is 11.7. The summed E-state index contributed by atoms with van der Waals surface area (Å²) >= 11 is 5.80. The van der Waals surface area contributed by atoms with Crippen molar-refractivity contribution in [2.75, 3.05) is 13.1 Å². The van der Waals surface area contributed by atoms with Crippen molar-refractivity contribution in [3.05, 3.63) is 34.9 Å². The molecule has 116 valence electrons. The molecule has 0 aromatic heterocycles. The van der Waals surface area contributed by atoms with Crippen molar-refractivity contribution in [1.29, 1.82) is 0 Å². The SMILES string of the molecule is CCCCC(=O)NCCNC(=O)CCc1ccc(Cl)cc1. The summed E-state index contributed by atoms with van der Waals surface area (Å²) in [6, 6.07) is 7.48. The summed E-state index contributed by atoms with van der Waals surface area (Å²) in [5.41, 5.74) is 1.09. The summed E-state index contributed by atoms with van der Waals surface area (Å²) in [5, 5.41) is 6.28. The summed E-state index contributed by atoms with van der Waals surface area (Å²) in [4.78, 5) is 23.0. The topological polar surface area (TPSA) is 58.2 Å². The van der Waals surface area contributed by atoms with Crippen LogP contribution in [0.25, 0.3) is 0 Å². The molecule has 0 aliphatic heterocycles. The molecular weight excluding hydrogens is 288 g/mol. The van der Waals surface area contributed by atoms with Crippen molar-refractivity contribution in [3.63, 3.8) is 0 Å². The molecule has 0 heterocycles. The van der Waals surface area contributed by atoms with Gasteiger partial charge >= 0.3 is 0 Å². The van der Waals surface area contributed by atoms with Gasteiger partial charge in [-0.2, -0.15) is 0 Å². The number of benzene rings is 1. The van der Waals surface area contributed by atoms with E-state index in [-0.39, 0.29) is 11.8 Å². The lowest BCUT2D eigenvalue weighted by Crippen LogP contribution is -2.34. The lowest BCUT2D eigenvalue weighted by Gasteiger charge is -2.07. The van der Waals surface area contributed by atoms with Crippen molar-refractivity contribution in [2.45, 2.75) is 39.0 Å². The van der Waals surface area contributed by atoms with Gasteiger partial charge in [-0.25, -0.2) is 0 Å². The van der Waals surface area contributed by atoms with E-state index in [2.05, 4.69) is 10.6 Å². The Hall–Kier alpha value is -1.55. The van der Waals surface area contributed by atoms with Crippen molar-refractivity contribution in [3.8, 4) is 0 Å². The quantitative estimate of drug-likeness (QED) is 0.689. The molecule has 1 rings (SSSR count). The molecule has 0 unspecified atom stereocenters. The van der Waals surface area contributed by atoms with Crippen LogP contribution in [0.15, 0.2) is 24.3 Å². The minimum atomic E-state index is -0.00671. The molecule has 0 saturated heterocycles. The van der Waals surface area contributed by atoms with Crippen molar-refractivity contribution in [1.82, 2.24) is 10.6 Å². The third-order valence-corrected chi connectivity index (χ3v) is 3.33. The lowest BCUT2D eigenvalue weighted by molar-refractivity contribution is -0.122. The second-order valence-corrected chi connectivity index (χ2v) is 5.37. The average Bonchev–Trinajstić information content (AvgIpc) is 2.49. The number of carbonyl (C=O) groups is 2. The Morgan fingerprint density at radius 2 is 1.57 bits per heavy atom. The first kappa shape index (κ1) is 17.5. The van der Waals surface area contributed by atoms with Crippen LogP contribution >= 0.6 is 11.6 Å². The molecule has 1 aromatic rings. The van der Waals surface area contributed by atoms with Gasteiger partial charge in [0.15, 0.2) is 0 Å². The molecule has 0 aliphatic rings. The van der Waals surface area contributed by atoms with Gasteiger partial charge in [0, 0.05) is 31.0 Å². The first-order chi connectivity index (χ1) is 10.1.